The van der Waals surface area contributed by atoms with E-state index < -0.39 is 11.8 Å². The summed E-state index contributed by atoms with van der Waals surface area (Å²) in [4.78, 5) is 57.7. The van der Waals surface area contributed by atoms with Crippen molar-refractivity contribution in [3.63, 3.8) is 0 Å². The molecule has 15 heteroatoms. The van der Waals surface area contributed by atoms with Crippen molar-refractivity contribution in [3.05, 3.63) is 124 Å². The third-order valence-electron chi connectivity index (χ3n) is 13.0. The predicted molar refractivity (Wildman–Crippen MR) is 256 cm³/mol. The fourth-order valence-corrected chi connectivity index (χ4v) is 9.26. The van der Waals surface area contributed by atoms with Gasteiger partial charge in [-0.05, 0) is 87.2 Å². The molecule has 5 aromatic rings. The van der Waals surface area contributed by atoms with Crippen LogP contribution in [0.1, 0.15) is 65.4 Å². The van der Waals surface area contributed by atoms with Crippen molar-refractivity contribution < 1.29 is 24.6 Å². The lowest BCUT2D eigenvalue weighted by atomic mass is 9.88. The Kier molecular flexibility index (Phi) is 14.7. The van der Waals surface area contributed by atoms with Crippen molar-refractivity contribution in [2.75, 3.05) is 71.3 Å². The van der Waals surface area contributed by atoms with Crippen LogP contribution in [0.5, 0.6) is 0 Å². The number of amides is 3. The maximum Gasteiger partial charge on any atom is 0.251 e. The second-order valence-corrected chi connectivity index (χ2v) is 18.2. The standard InChI is InChI=1S/C51H56ClN9O5/c1-58-23-25-59(26-24-58)20-16-47(62)56-40-13-15-42-45(30-40)55-34-61(50(42)65)33-51(66)17-21-60(22-18-51)49(64)39(27-35-7-3-2-4-8-35)11-6-19-54-48(63)38-12-14-41-43(52)31-44(57-46(41)29-38)37-10-5-9-36(28-37)32-53/h2-5,7-10,12-15,28-31,34,39,50,65-66H,6,11,16-27,33H2,1H3,(H,54,63)(H,56,62). The van der Waals surface area contributed by atoms with Crippen LogP contribution < -0.4 is 10.6 Å². The van der Waals surface area contributed by atoms with E-state index >= 15 is 0 Å². The smallest absolute Gasteiger partial charge is 0.251 e. The summed E-state index contributed by atoms with van der Waals surface area (Å²) in [6.45, 7) is 5.82. The normalized spacial score (nSPS) is 17.8. The van der Waals surface area contributed by atoms with E-state index in [9.17, 15) is 29.9 Å². The number of anilines is 1. The van der Waals surface area contributed by atoms with Crippen LogP contribution in [-0.2, 0) is 16.0 Å². The summed E-state index contributed by atoms with van der Waals surface area (Å²) in [5.74, 6) is -0.657. The molecule has 0 saturated carbocycles. The monoisotopic (exact) mass is 909 g/mol. The Balaban J connectivity index is 0.834. The highest BCUT2D eigenvalue weighted by atomic mass is 35.5. The molecule has 3 aliphatic rings. The zero-order valence-electron chi connectivity index (χ0n) is 37.2. The van der Waals surface area contributed by atoms with Gasteiger partial charge in [-0.2, -0.15) is 5.26 Å². The van der Waals surface area contributed by atoms with Crippen LogP contribution in [0.15, 0.2) is 102 Å². The molecular weight excluding hydrogens is 854 g/mol. The first kappa shape index (κ1) is 46.3. The fourth-order valence-electron chi connectivity index (χ4n) is 9.00. The Hall–Kier alpha value is -6.21. The molecule has 0 radical (unpaired) electrons. The number of piperidine rings is 1. The van der Waals surface area contributed by atoms with Crippen LogP contribution in [-0.4, -0.2) is 130 Å². The van der Waals surface area contributed by atoms with E-state index in [1.807, 2.05) is 41.3 Å². The third kappa shape index (κ3) is 11.4. The molecule has 2 atom stereocenters. The number of fused-ring (bicyclic) bond motifs is 2. The molecule has 1 aromatic heterocycles. The number of rotatable bonds is 15. The van der Waals surface area contributed by atoms with Crippen molar-refractivity contribution in [1.29, 1.82) is 5.26 Å². The van der Waals surface area contributed by atoms with Gasteiger partial charge in [0.2, 0.25) is 11.8 Å². The summed E-state index contributed by atoms with van der Waals surface area (Å²) in [5.41, 5.74) is 4.48. The Bertz CT molecular complexity index is 2620. The number of nitrogens with one attached hydrogen (secondary N) is 2. The minimum Gasteiger partial charge on any atom is -0.388 e. The molecule has 0 aliphatic carbocycles. The number of aromatic nitrogens is 1. The number of β-amino-alcohol motifs (C(OH)–C–C–N with tert-alkyl or cyclic N) is 1. The Labute approximate surface area is 390 Å². The highest BCUT2D eigenvalue weighted by molar-refractivity contribution is 6.35. The fraction of sp³-hybridized carbons (Fsp3) is 0.373. The Morgan fingerprint density at radius 1 is 0.939 bits per heavy atom. The maximum absolute atomic E-state index is 14.2. The van der Waals surface area contributed by atoms with Gasteiger partial charge in [0.05, 0.1) is 52.0 Å². The molecule has 2 fully saturated rings. The number of halogens is 1. The van der Waals surface area contributed by atoms with Gasteiger partial charge in [0.1, 0.15) is 0 Å². The summed E-state index contributed by atoms with van der Waals surface area (Å²) < 4.78 is 0. The van der Waals surface area contributed by atoms with Gasteiger partial charge < -0.3 is 40.4 Å². The van der Waals surface area contributed by atoms with Crippen LogP contribution in [0.2, 0.25) is 5.02 Å². The molecule has 4 N–H and O–H groups in total. The van der Waals surface area contributed by atoms with Crippen molar-refractivity contribution in [2.24, 2.45) is 10.9 Å². The average Bonchev–Trinajstić information content (AvgIpc) is 3.33. The summed E-state index contributed by atoms with van der Waals surface area (Å²) >= 11 is 6.63. The number of nitrogens with zero attached hydrogens (tertiary/aromatic N) is 7. The molecule has 3 aliphatic heterocycles. The van der Waals surface area contributed by atoms with E-state index in [0.717, 1.165) is 37.3 Å². The van der Waals surface area contributed by atoms with Gasteiger partial charge in [-0.1, -0.05) is 66.2 Å². The number of likely N-dealkylation sites (N-methyl/N-ethyl adjacent to an activating group) is 1. The number of nitriles is 1. The van der Waals surface area contributed by atoms with Crippen LogP contribution in [0.25, 0.3) is 22.2 Å². The zero-order chi connectivity index (χ0) is 46.2. The number of benzene rings is 4. The van der Waals surface area contributed by atoms with Gasteiger partial charge in [-0.25, -0.2) is 9.98 Å². The van der Waals surface area contributed by atoms with Crippen molar-refractivity contribution in [2.45, 2.75) is 50.4 Å². The number of aliphatic hydroxyl groups excluding tert-OH is 1. The van der Waals surface area contributed by atoms with Crippen LogP contribution in [0, 0.1) is 17.2 Å². The quantitative estimate of drug-likeness (QED) is 0.0861. The molecule has 0 spiro atoms. The highest BCUT2D eigenvalue weighted by Crippen LogP contribution is 2.36. The van der Waals surface area contributed by atoms with Crippen molar-refractivity contribution >= 4 is 57.9 Å². The van der Waals surface area contributed by atoms with Gasteiger partial charge in [0.25, 0.3) is 5.91 Å². The molecule has 342 valence electrons. The molecule has 14 nitrogen and oxygen atoms in total. The second kappa shape index (κ2) is 21.0. The summed E-state index contributed by atoms with van der Waals surface area (Å²) in [6, 6.07) is 31.4. The molecule has 66 heavy (non-hydrogen) atoms. The van der Waals surface area contributed by atoms with Crippen LogP contribution in [0.3, 0.4) is 0 Å². The van der Waals surface area contributed by atoms with E-state index in [-0.39, 0.29) is 30.2 Å². The first-order valence-electron chi connectivity index (χ1n) is 22.7. The second-order valence-electron chi connectivity index (χ2n) is 17.8. The van der Waals surface area contributed by atoms with Crippen LogP contribution >= 0.6 is 11.6 Å². The average molecular weight is 911 g/mol. The molecule has 0 bridgehead atoms. The topological polar surface area (TPSA) is 178 Å². The van der Waals surface area contributed by atoms with E-state index in [4.69, 9.17) is 16.6 Å². The van der Waals surface area contributed by atoms with E-state index in [2.05, 4.69) is 38.5 Å². The van der Waals surface area contributed by atoms with Crippen molar-refractivity contribution in [1.82, 2.24) is 29.9 Å². The summed E-state index contributed by atoms with van der Waals surface area (Å²) in [5, 5.41) is 39.7. The minimum absolute atomic E-state index is 0.0107. The third-order valence-corrected chi connectivity index (χ3v) is 13.3. The lowest BCUT2D eigenvalue weighted by Gasteiger charge is -2.43. The number of carbonyl (C=O) groups is 3. The molecule has 4 aromatic carbocycles. The summed E-state index contributed by atoms with van der Waals surface area (Å²) in [6.07, 6.45) is 3.21. The van der Waals surface area contributed by atoms with Gasteiger partial charge in [-0.3, -0.25) is 14.4 Å². The number of likely N-dealkylation sites (tertiary alicyclic amines) is 1. The SMILES string of the molecule is CN1CCN(CCC(=O)Nc2ccc3c(c2)N=CN(CC2(O)CCN(C(=O)C(CCCNC(=O)c4ccc5c(Cl)cc(-c6cccc(C#N)c6)nc5c4)Cc4ccccc4)CC2)C3O)CC1. The first-order chi connectivity index (χ1) is 31.9. The molecule has 2 unspecified atom stereocenters. The number of pyridine rings is 1. The lowest BCUT2D eigenvalue weighted by Crippen LogP contribution is -2.53. The number of aliphatic hydroxyl groups is 2. The number of carbonyl (C=O) groups excluding carboxylic acids is 3. The van der Waals surface area contributed by atoms with Gasteiger partial charge in [0, 0.05) is 92.5 Å². The number of piperazine rings is 1. The minimum atomic E-state index is -1.16. The zero-order valence-corrected chi connectivity index (χ0v) is 38.0. The van der Waals surface area contributed by atoms with E-state index in [1.165, 1.54) is 6.34 Å². The number of hydrogen-bond acceptors (Lipinski definition) is 11. The molecular formula is C51H56ClN9O5. The number of aliphatic imine (C=N–C) groups is 1. The predicted octanol–water partition coefficient (Wildman–Crippen LogP) is 6.39. The molecule has 8 rings (SSSR count). The van der Waals surface area contributed by atoms with E-state index in [0.29, 0.717) is 114 Å². The maximum atomic E-state index is 14.2. The summed E-state index contributed by atoms with van der Waals surface area (Å²) in [7, 11) is 2.11. The Morgan fingerprint density at radius 2 is 1.73 bits per heavy atom. The van der Waals surface area contributed by atoms with E-state index in [1.54, 1.807) is 65.6 Å². The van der Waals surface area contributed by atoms with Crippen LogP contribution in [0.4, 0.5) is 11.4 Å². The molecule has 2 saturated heterocycles. The lowest BCUT2D eigenvalue weighted by molar-refractivity contribution is -0.141. The first-order valence-corrected chi connectivity index (χ1v) is 23.1. The van der Waals surface area contributed by atoms with Gasteiger partial charge in [-0.15, -0.1) is 0 Å². The number of hydrogen-bond donors (Lipinski definition) is 4. The molecule has 4 heterocycles. The Morgan fingerprint density at radius 3 is 2.50 bits per heavy atom. The van der Waals surface area contributed by atoms with Crippen molar-refractivity contribution in [3.8, 4) is 17.3 Å². The largest absolute Gasteiger partial charge is 0.388 e. The highest BCUT2D eigenvalue weighted by Gasteiger charge is 2.39. The van der Waals surface area contributed by atoms with Gasteiger partial charge >= 0.3 is 0 Å². The van der Waals surface area contributed by atoms with Gasteiger partial charge in [0.15, 0.2) is 6.23 Å². The molecule has 3 amide bonds.